The van der Waals surface area contributed by atoms with E-state index < -0.39 is 28.5 Å². The smallest absolute Gasteiger partial charge is 0.244 e. The normalized spacial score (nSPS) is 12.0. The summed E-state index contributed by atoms with van der Waals surface area (Å²) in [7, 11) is -2.17. The monoisotopic (exact) mass is 615 g/mol. The summed E-state index contributed by atoms with van der Waals surface area (Å²) in [5, 5.41) is 2.91. The van der Waals surface area contributed by atoms with E-state index in [2.05, 4.69) is 27.9 Å². The molecule has 0 saturated carbocycles. The predicted octanol–water partition coefficient (Wildman–Crippen LogP) is 3.79. The van der Waals surface area contributed by atoms with Crippen LogP contribution in [0.2, 0.25) is 0 Å². The van der Waals surface area contributed by atoms with Crippen LogP contribution < -0.4 is 14.4 Å². The Hall–Kier alpha value is -2.34. The second kappa shape index (κ2) is 13.7. The first-order valence-corrected chi connectivity index (χ1v) is 14.5. The maximum atomic E-state index is 13.6. The lowest BCUT2D eigenvalue weighted by Gasteiger charge is -2.33. The number of carbonyl (C=O) groups excluding carboxylic acids is 2. The van der Waals surface area contributed by atoms with Gasteiger partial charge >= 0.3 is 0 Å². The van der Waals surface area contributed by atoms with Gasteiger partial charge in [0.2, 0.25) is 21.8 Å². The van der Waals surface area contributed by atoms with E-state index in [0.29, 0.717) is 24.4 Å². The van der Waals surface area contributed by atoms with Gasteiger partial charge in [0.05, 0.1) is 19.1 Å². The molecule has 0 aliphatic carbocycles. The highest BCUT2D eigenvalue weighted by Gasteiger charge is 2.31. The van der Waals surface area contributed by atoms with E-state index in [1.54, 1.807) is 43.5 Å². The van der Waals surface area contributed by atoms with E-state index in [-0.39, 0.29) is 12.5 Å². The summed E-state index contributed by atoms with van der Waals surface area (Å²) in [6.07, 6.45) is 3.23. The van der Waals surface area contributed by atoms with Crippen molar-refractivity contribution in [3.05, 3.63) is 57.7 Å². The average Bonchev–Trinajstić information content (AvgIpc) is 2.83. The fourth-order valence-electron chi connectivity index (χ4n) is 3.57. The Morgan fingerprint density at radius 1 is 1.06 bits per heavy atom. The molecule has 0 radical (unpaired) electrons. The van der Waals surface area contributed by atoms with Crippen LogP contribution in [0.1, 0.15) is 38.7 Å². The fourth-order valence-corrected chi connectivity index (χ4v) is 4.78. The largest absolute Gasteiger partial charge is 0.497 e. The molecular formula is C25H34IN3O5S. The number of hydrogen-bond acceptors (Lipinski definition) is 5. The summed E-state index contributed by atoms with van der Waals surface area (Å²) in [6.45, 7) is 4.15. The van der Waals surface area contributed by atoms with Crippen LogP contribution in [-0.2, 0) is 26.2 Å². The lowest BCUT2D eigenvalue weighted by atomic mass is 10.1. The molecule has 0 saturated heterocycles. The summed E-state index contributed by atoms with van der Waals surface area (Å²) in [4.78, 5) is 28.1. The van der Waals surface area contributed by atoms with Gasteiger partial charge in [-0.1, -0.05) is 32.4 Å². The van der Waals surface area contributed by atoms with E-state index in [1.807, 2.05) is 26.0 Å². The van der Waals surface area contributed by atoms with Gasteiger partial charge in [0.15, 0.2) is 0 Å². The summed E-state index contributed by atoms with van der Waals surface area (Å²) in [5.74, 6) is -0.0248. The minimum Gasteiger partial charge on any atom is -0.497 e. The Balaban J connectivity index is 2.38. The Kier molecular flexibility index (Phi) is 11.3. The van der Waals surface area contributed by atoms with Crippen LogP contribution in [0, 0.1) is 3.57 Å². The quantitative estimate of drug-likeness (QED) is 0.274. The van der Waals surface area contributed by atoms with Crippen LogP contribution in [0.25, 0.3) is 0 Å². The first-order chi connectivity index (χ1) is 16.6. The molecule has 35 heavy (non-hydrogen) atoms. The Morgan fingerprint density at radius 2 is 1.69 bits per heavy atom. The minimum absolute atomic E-state index is 0.160. The minimum atomic E-state index is -3.75. The summed E-state index contributed by atoms with van der Waals surface area (Å²) < 4.78 is 32.5. The molecule has 2 amide bonds. The van der Waals surface area contributed by atoms with Crippen molar-refractivity contribution in [3.8, 4) is 5.75 Å². The Labute approximate surface area is 222 Å². The van der Waals surface area contributed by atoms with Crippen LogP contribution in [-0.4, -0.2) is 57.6 Å². The van der Waals surface area contributed by atoms with Gasteiger partial charge in [-0.3, -0.25) is 13.9 Å². The molecule has 2 rings (SSSR count). The van der Waals surface area contributed by atoms with Crippen LogP contribution in [0.5, 0.6) is 5.75 Å². The number of methoxy groups -OCH3 is 1. The number of carbonyl (C=O) groups is 2. The molecule has 0 spiro atoms. The lowest BCUT2D eigenvalue weighted by molar-refractivity contribution is -0.140. The summed E-state index contributed by atoms with van der Waals surface area (Å²) >= 11 is 2.13. The zero-order valence-electron chi connectivity index (χ0n) is 20.7. The molecule has 8 nitrogen and oxygen atoms in total. The predicted molar refractivity (Wildman–Crippen MR) is 147 cm³/mol. The highest BCUT2D eigenvalue weighted by molar-refractivity contribution is 14.1. The first kappa shape index (κ1) is 28.9. The van der Waals surface area contributed by atoms with E-state index >= 15 is 0 Å². The van der Waals surface area contributed by atoms with Crippen LogP contribution in [0.3, 0.4) is 0 Å². The van der Waals surface area contributed by atoms with Crippen molar-refractivity contribution < 1.29 is 22.7 Å². The van der Waals surface area contributed by atoms with E-state index in [1.165, 1.54) is 4.90 Å². The van der Waals surface area contributed by atoms with E-state index in [9.17, 15) is 18.0 Å². The van der Waals surface area contributed by atoms with E-state index in [4.69, 9.17) is 4.74 Å². The number of halogens is 1. The molecule has 0 fully saturated rings. The molecule has 2 aromatic carbocycles. The summed E-state index contributed by atoms with van der Waals surface area (Å²) in [5.41, 5.74) is 1.20. The molecule has 192 valence electrons. The van der Waals surface area contributed by atoms with Crippen molar-refractivity contribution in [1.82, 2.24) is 10.2 Å². The maximum Gasteiger partial charge on any atom is 0.244 e. The molecule has 10 heteroatoms. The van der Waals surface area contributed by atoms with Crippen molar-refractivity contribution in [2.45, 2.75) is 45.7 Å². The molecule has 1 atom stereocenters. The number of anilines is 1. The van der Waals surface area contributed by atoms with E-state index in [0.717, 1.165) is 32.5 Å². The molecule has 2 aromatic rings. The zero-order chi connectivity index (χ0) is 26.0. The Morgan fingerprint density at radius 3 is 2.20 bits per heavy atom. The first-order valence-electron chi connectivity index (χ1n) is 11.5. The molecule has 0 aromatic heterocycles. The number of ether oxygens (including phenoxy) is 1. The number of hydrogen-bond donors (Lipinski definition) is 1. The highest BCUT2D eigenvalue weighted by Crippen LogP contribution is 2.21. The lowest BCUT2D eigenvalue weighted by Crippen LogP contribution is -2.52. The van der Waals surface area contributed by atoms with Crippen molar-refractivity contribution in [2.75, 3.05) is 30.8 Å². The number of unbranched alkanes of at least 4 members (excludes halogenated alkanes) is 1. The van der Waals surface area contributed by atoms with Crippen molar-refractivity contribution in [3.63, 3.8) is 0 Å². The van der Waals surface area contributed by atoms with Crippen molar-refractivity contribution in [1.29, 1.82) is 0 Å². The number of rotatable bonds is 13. The third kappa shape index (κ3) is 8.68. The molecule has 0 aliphatic rings. The molecule has 1 N–H and O–H groups in total. The standard InChI is InChI=1S/C25H34IN3O5S/c1-5-7-16-27-25(31)23(6-2)28(17-19-8-14-22(34-3)15-9-19)24(30)18-29(35(4,32)33)21-12-10-20(26)11-13-21/h8-15,23H,5-7,16-18H2,1-4H3,(H,27,31)/t23-/m0/s1. The average molecular weight is 616 g/mol. The molecule has 0 unspecified atom stereocenters. The fraction of sp³-hybridized carbons (Fsp3) is 0.440. The number of nitrogens with zero attached hydrogens (tertiary/aromatic N) is 2. The highest BCUT2D eigenvalue weighted by atomic mass is 127. The summed E-state index contributed by atoms with van der Waals surface area (Å²) in [6, 6.07) is 13.4. The van der Waals surface area contributed by atoms with Gasteiger partial charge < -0.3 is 15.0 Å². The second-order valence-electron chi connectivity index (χ2n) is 8.18. The number of benzene rings is 2. The SMILES string of the molecule is CCCCNC(=O)[C@H](CC)N(Cc1ccc(OC)cc1)C(=O)CN(c1ccc(I)cc1)S(C)(=O)=O. The zero-order valence-corrected chi connectivity index (χ0v) is 23.6. The molecule has 0 bridgehead atoms. The van der Waals surface area contributed by atoms with Gasteiger partial charge in [0, 0.05) is 16.7 Å². The number of amides is 2. The van der Waals surface area contributed by atoms with Crippen LogP contribution >= 0.6 is 22.6 Å². The Bertz CT molecular complexity index is 1080. The number of sulfonamides is 1. The van der Waals surface area contributed by atoms with Gasteiger partial charge in [0.1, 0.15) is 18.3 Å². The van der Waals surface area contributed by atoms with Crippen molar-refractivity contribution in [2.24, 2.45) is 0 Å². The van der Waals surface area contributed by atoms with Gasteiger partial charge in [-0.15, -0.1) is 0 Å². The molecule has 0 aliphatic heterocycles. The van der Waals surface area contributed by atoms with Crippen LogP contribution in [0.4, 0.5) is 5.69 Å². The van der Waals surface area contributed by atoms with Crippen molar-refractivity contribution >= 4 is 50.1 Å². The van der Waals surface area contributed by atoms with Gasteiger partial charge in [-0.2, -0.15) is 0 Å². The third-order valence-corrected chi connectivity index (χ3v) is 7.38. The van der Waals surface area contributed by atoms with Gasteiger partial charge in [0.25, 0.3) is 0 Å². The second-order valence-corrected chi connectivity index (χ2v) is 11.3. The topological polar surface area (TPSA) is 96.0 Å². The van der Waals surface area contributed by atoms with Gasteiger partial charge in [-0.25, -0.2) is 8.42 Å². The maximum absolute atomic E-state index is 13.6. The molecule has 0 heterocycles. The molecular weight excluding hydrogens is 581 g/mol. The number of nitrogens with one attached hydrogen (secondary N) is 1. The van der Waals surface area contributed by atoms with Crippen LogP contribution in [0.15, 0.2) is 48.5 Å². The van der Waals surface area contributed by atoms with Gasteiger partial charge in [-0.05, 0) is 77.4 Å². The third-order valence-electron chi connectivity index (χ3n) is 5.52.